The summed E-state index contributed by atoms with van der Waals surface area (Å²) in [4.78, 5) is 26.8. The van der Waals surface area contributed by atoms with Gasteiger partial charge in [-0.05, 0) is 48.5 Å². The predicted molar refractivity (Wildman–Crippen MR) is 142 cm³/mol. The maximum atomic E-state index is 12.9. The maximum Gasteiger partial charge on any atom is 0.243 e. The van der Waals surface area contributed by atoms with Crippen LogP contribution in [0.3, 0.4) is 0 Å². The molecule has 0 radical (unpaired) electrons. The van der Waals surface area contributed by atoms with Crippen molar-refractivity contribution in [2.24, 2.45) is 10.2 Å². The zero-order valence-electron chi connectivity index (χ0n) is 18.4. The first-order chi connectivity index (χ1) is 16.9. The van der Waals surface area contributed by atoms with Gasteiger partial charge < -0.3 is 9.73 Å². The van der Waals surface area contributed by atoms with E-state index in [1.54, 1.807) is 48.5 Å². The average molecular weight is 527 g/mol. The second kappa shape index (κ2) is 11.4. The fraction of sp³-hybridized carbons (Fsp3) is 0.120. The Morgan fingerprint density at radius 1 is 1.14 bits per heavy atom. The summed E-state index contributed by atoms with van der Waals surface area (Å²) >= 11 is 13.3. The summed E-state index contributed by atoms with van der Waals surface area (Å²) in [5.41, 5.74) is 1.37. The van der Waals surface area contributed by atoms with Gasteiger partial charge in [0.15, 0.2) is 5.17 Å². The SMILES string of the molecule is C=CCN1C(=O)C(CC(=O)Nc2ccc(Cl)cc2)S/C1=N\N=C\c1ccc(-c2ccccc2Cl)o1. The number of hydrogen-bond acceptors (Lipinski definition) is 6. The van der Waals surface area contributed by atoms with Crippen molar-refractivity contribution in [2.75, 3.05) is 11.9 Å². The van der Waals surface area contributed by atoms with Crippen LogP contribution in [0.15, 0.2) is 87.9 Å². The van der Waals surface area contributed by atoms with Crippen molar-refractivity contribution in [2.45, 2.75) is 11.7 Å². The maximum absolute atomic E-state index is 12.9. The molecule has 2 aromatic carbocycles. The Kier molecular flexibility index (Phi) is 8.07. The van der Waals surface area contributed by atoms with Gasteiger partial charge in [0.05, 0.1) is 11.2 Å². The van der Waals surface area contributed by atoms with E-state index in [0.717, 1.165) is 5.56 Å². The lowest BCUT2D eigenvalue weighted by atomic mass is 10.2. The van der Waals surface area contributed by atoms with E-state index in [0.29, 0.717) is 32.4 Å². The van der Waals surface area contributed by atoms with Gasteiger partial charge in [0.1, 0.15) is 16.8 Å². The van der Waals surface area contributed by atoms with Gasteiger partial charge >= 0.3 is 0 Å². The molecule has 0 aliphatic carbocycles. The average Bonchev–Trinajstić information content (AvgIpc) is 3.42. The van der Waals surface area contributed by atoms with Crippen molar-refractivity contribution in [3.8, 4) is 11.3 Å². The number of benzene rings is 2. The third kappa shape index (κ3) is 6.22. The molecular formula is C25H20Cl2N4O3S. The fourth-order valence-electron chi connectivity index (χ4n) is 3.29. The molecule has 1 aromatic heterocycles. The minimum absolute atomic E-state index is 0.0120. The lowest BCUT2D eigenvalue weighted by Crippen LogP contribution is -2.33. The Balaban J connectivity index is 1.43. The number of carbonyl (C=O) groups is 2. The highest BCUT2D eigenvalue weighted by Gasteiger charge is 2.38. The van der Waals surface area contributed by atoms with Crippen LogP contribution in [0.4, 0.5) is 5.69 Å². The topological polar surface area (TPSA) is 87.3 Å². The van der Waals surface area contributed by atoms with Gasteiger partial charge in [-0.2, -0.15) is 5.10 Å². The zero-order chi connectivity index (χ0) is 24.8. The highest BCUT2D eigenvalue weighted by atomic mass is 35.5. The van der Waals surface area contributed by atoms with Crippen molar-refractivity contribution in [1.82, 2.24) is 4.90 Å². The number of amidine groups is 1. The molecule has 1 aliphatic rings. The van der Waals surface area contributed by atoms with Gasteiger partial charge in [-0.1, -0.05) is 53.2 Å². The molecule has 3 aromatic rings. The standard InChI is InChI=1S/C25H20Cl2N4O3S/c1-2-13-31-24(33)22(14-23(32)29-17-9-7-16(26)8-10-17)35-25(31)30-28-15-18-11-12-21(34-18)19-5-3-4-6-20(19)27/h2-12,15,22H,1,13-14H2,(H,29,32)/b28-15+,30-25-. The first kappa shape index (κ1) is 24.8. The molecule has 1 aliphatic heterocycles. The van der Waals surface area contributed by atoms with E-state index in [-0.39, 0.29) is 24.8 Å². The number of furan rings is 1. The van der Waals surface area contributed by atoms with Gasteiger partial charge in [0.2, 0.25) is 11.8 Å². The Labute approximate surface area is 216 Å². The lowest BCUT2D eigenvalue weighted by Gasteiger charge is -2.12. The molecule has 1 N–H and O–H groups in total. The van der Waals surface area contributed by atoms with Crippen LogP contribution in [0.25, 0.3) is 11.3 Å². The Hall–Kier alpha value is -3.33. The van der Waals surface area contributed by atoms with Crippen molar-refractivity contribution >= 4 is 63.8 Å². The second-order valence-electron chi connectivity index (χ2n) is 7.41. The summed E-state index contributed by atoms with van der Waals surface area (Å²) in [7, 11) is 0. The van der Waals surface area contributed by atoms with Crippen LogP contribution in [-0.4, -0.2) is 39.9 Å². The smallest absolute Gasteiger partial charge is 0.243 e. The van der Waals surface area contributed by atoms with Crippen LogP contribution >= 0.6 is 35.0 Å². The van der Waals surface area contributed by atoms with E-state index < -0.39 is 5.25 Å². The van der Waals surface area contributed by atoms with Crippen LogP contribution < -0.4 is 5.32 Å². The zero-order valence-corrected chi connectivity index (χ0v) is 20.7. The molecule has 1 atom stereocenters. The third-order valence-electron chi connectivity index (χ3n) is 4.92. The lowest BCUT2D eigenvalue weighted by molar-refractivity contribution is -0.127. The minimum atomic E-state index is -0.619. The number of halogens is 2. The normalized spacial score (nSPS) is 16.9. The highest BCUT2D eigenvalue weighted by molar-refractivity contribution is 8.15. The quantitative estimate of drug-likeness (QED) is 0.218. The molecule has 35 heavy (non-hydrogen) atoms. The molecular weight excluding hydrogens is 507 g/mol. The van der Waals surface area contributed by atoms with Crippen molar-refractivity contribution < 1.29 is 14.0 Å². The van der Waals surface area contributed by atoms with Gasteiger partial charge in [-0.3, -0.25) is 14.5 Å². The molecule has 0 saturated carbocycles. The van der Waals surface area contributed by atoms with Crippen LogP contribution in [0.2, 0.25) is 10.0 Å². The first-order valence-electron chi connectivity index (χ1n) is 10.5. The molecule has 1 fully saturated rings. The van der Waals surface area contributed by atoms with Gasteiger partial charge in [-0.25, -0.2) is 0 Å². The summed E-state index contributed by atoms with van der Waals surface area (Å²) in [5, 5.41) is 12.0. The van der Waals surface area contributed by atoms with E-state index in [2.05, 4.69) is 22.1 Å². The summed E-state index contributed by atoms with van der Waals surface area (Å²) in [5.74, 6) is 0.571. The molecule has 0 spiro atoms. The predicted octanol–water partition coefficient (Wildman–Crippen LogP) is 6.10. The molecule has 0 bridgehead atoms. The van der Waals surface area contributed by atoms with Crippen molar-refractivity contribution in [3.05, 3.63) is 89.1 Å². The number of nitrogens with zero attached hydrogens (tertiary/aromatic N) is 3. The van der Waals surface area contributed by atoms with Crippen molar-refractivity contribution in [1.29, 1.82) is 0 Å². The highest BCUT2D eigenvalue weighted by Crippen LogP contribution is 2.31. The largest absolute Gasteiger partial charge is 0.455 e. The van der Waals surface area contributed by atoms with Crippen LogP contribution in [-0.2, 0) is 9.59 Å². The molecule has 1 unspecified atom stereocenters. The monoisotopic (exact) mass is 526 g/mol. The number of anilines is 1. The van der Waals surface area contributed by atoms with Crippen LogP contribution in [0, 0.1) is 0 Å². The number of amides is 2. The van der Waals surface area contributed by atoms with Crippen LogP contribution in [0.5, 0.6) is 0 Å². The number of thioether (sulfide) groups is 1. The molecule has 4 rings (SSSR count). The van der Waals surface area contributed by atoms with Gasteiger partial charge in [-0.15, -0.1) is 11.7 Å². The number of hydrogen-bond donors (Lipinski definition) is 1. The van der Waals surface area contributed by atoms with Crippen molar-refractivity contribution in [3.63, 3.8) is 0 Å². The summed E-state index contributed by atoms with van der Waals surface area (Å²) in [6.07, 6.45) is 3.03. The Morgan fingerprint density at radius 3 is 2.66 bits per heavy atom. The summed E-state index contributed by atoms with van der Waals surface area (Å²) in [6, 6.07) is 17.7. The summed E-state index contributed by atoms with van der Waals surface area (Å²) in [6.45, 7) is 3.95. The van der Waals surface area contributed by atoms with Gasteiger partial charge in [0.25, 0.3) is 0 Å². The van der Waals surface area contributed by atoms with E-state index >= 15 is 0 Å². The van der Waals surface area contributed by atoms with E-state index in [4.69, 9.17) is 27.6 Å². The van der Waals surface area contributed by atoms with E-state index in [9.17, 15) is 9.59 Å². The molecule has 1 saturated heterocycles. The number of rotatable bonds is 8. The Bertz CT molecular complexity index is 1300. The fourth-order valence-corrected chi connectivity index (χ4v) is 4.75. The summed E-state index contributed by atoms with van der Waals surface area (Å²) < 4.78 is 5.78. The molecule has 10 heteroatoms. The minimum Gasteiger partial charge on any atom is -0.455 e. The third-order valence-corrected chi connectivity index (χ3v) is 6.67. The number of nitrogens with one attached hydrogen (secondary N) is 1. The first-order valence-corrected chi connectivity index (χ1v) is 12.2. The molecule has 2 heterocycles. The Morgan fingerprint density at radius 2 is 1.91 bits per heavy atom. The number of carbonyl (C=O) groups excluding carboxylic acids is 2. The van der Waals surface area contributed by atoms with Gasteiger partial charge in [0, 0.05) is 29.2 Å². The molecule has 7 nitrogen and oxygen atoms in total. The van der Waals surface area contributed by atoms with E-state index in [1.807, 2.05) is 18.2 Å². The molecule has 2 amide bonds. The van der Waals surface area contributed by atoms with Crippen LogP contribution in [0.1, 0.15) is 12.2 Å². The molecule has 178 valence electrons. The second-order valence-corrected chi connectivity index (χ2v) is 9.43. The van der Waals surface area contributed by atoms with E-state index in [1.165, 1.54) is 22.9 Å².